The molecule has 0 spiro atoms. The first-order valence-electron chi connectivity index (χ1n) is 9.32. The SMILES string of the molecule is Cc1ccc(-c2c[n+](CC(=O)c3ccc(C)c(C)c3)c3n2CCC3)cc1. The maximum atomic E-state index is 12.8. The van der Waals surface area contributed by atoms with Crippen LogP contribution in [-0.2, 0) is 19.5 Å². The van der Waals surface area contributed by atoms with Crippen LogP contribution in [0.4, 0.5) is 0 Å². The predicted octanol–water partition coefficient (Wildman–Crippen LogP) is 4.20. The second kappa shape index (κ2) is 6.56. The summed E-state index contributed by atoms with van der Waals surface area (Å²) in [5, 5.41) is 0. The average Bonchev–Trinajstić information content (AvgIpc) is 3.22. The van der Waals surface area contributed by atoms with Crippen LogP contribution < -0.4 is 4.57 Å². The first-order chi connectivity index (χ1) is 12.5. The van der Waals surface area contributed by atoms with Gasteiger partial charge < -0.3 is 0 Å². The molecule has 26 heavy (non-hydrogen) atoms. The molecular formula is C23H25N2O+. The van der Waals surface area contributed by atoms with E-state index in [1.807, 2.05) is 18.2 Å². The lowest BCUT2D eigenvalue weighted by Gasteiger charge is -2.04. The fourth-order valence-electron chi connectivity index (χ4n) is 3.76. The van der Waals surface area contributed by atoms with Crippen molar-refractivity contribution >= 4 is 5.78 Å². The van der Waals surface area contributed by atoms with Gasteiger partial charge in [-0.25, -0.2) is 9.13 Å². The van der Waals surface area contributed by atoms with Crippen LogP contribution in [0, 0.1) is 20.8 Å². The first-order valence-corrected chi connectivity index (χ1v) is 9.32. The van der Waals surface area contributed by atoms with Gasteiger partial charge >= 0.3 is 0 Å². The number of aryl methyl sites for hydroxylation is 3. The molecule has 0 unspecified atom stereocenters. The van der Waals surface area contributed by atoms with Crippen molar-refractivity contribution in [3.63, 3.8) is 0 Å². The smallest absolute Gasteiger partial charge is 0.257 e. The average molecular weight is 345 g/mol. The summed E-state index contributed by atoms with van der Waals surface area (Å²) < 4.78 is 4.53. The number of nitrogens with zero attached hydrogens (tertiary/aromatic N) is 2. The van der Waals surface area contributed by atoms with E-state index in [2.05, 4.69) is 60.4 Å². The maximum Gasteiger partial charge on any atom is 0.257 e. The zero-order chi connectivity index (χ0) is 18.3. The number of imidazole rings is 1. The van der Waals surface area contributed by atoms with Crippen molar-refractivity contribution in [1.82, 2.24) is 4.57 Å². The first kappa shape index (κ1) is 16.8. The molecule has 0 bridgehead atoms. The lowest BCUT2D eigenvalue weighted by atomic mass is 10.0. The van der Waals surface area contributed by atoms with Crippen LogP contribution in [0.1, 0.15) is 39.3 Å². The molecule has 4 rings (SSSR count). The van der Waals surface area contributed by atoms with E-state index in [1.165, 1.54) is 33.8 Å². The summed E-state index contributed by atoms with van der Waals surface area (Å²) in [7, 11) is 0. The van der Waals surface area contributed by atoms with E-state index >= 15 is 0 Å². The van der Waals surface area contributed by atoms with Crippen molar-refractivity contribution in [3.05, 3.63) is 76.7 Å². The Morgan fingerprint density at radius 1 is 1.04 bits per heavy atom. The summed E-state index contributed by atoms with van der Waals surface area (Å²) in [5.41, 5.74) is 6.89. The number of hydrogen-bond acceptors (Lipinski definition) is 1. The Morgan fingerprint density at radius 3 is 2.54 bits per heavy atom. The fraction of sp³-hybridized carbons (Fsp3) is 0.304. The summed E-state index contributed by atoms with van der Waals surface area (Å²) in [5.74, 6) is 1.44. The van der Waals surface area contributed by atoms with Crippen LogP contribution in [0.5, 0.6) is 0 Å². The van der Waals surface area contributed by atoms with Crippen molar-refractivity contribution in [2.24, 2.45) is 0 Å². The lowest BCUT2D eigenvalue weighted by Crippen LogP contribution is -2.40. The van der Waals surface area contributed by atoms with Crippen molar-refractivity contribution < 1.29 is 9.36 Å². The number of aromatic nitrogens is 2. The van der Waals surface area contributed by atoms with Crippen LogP contribution in [0.25, 0.3) is 11.3 Å². The Morgan fingerprint density at radius 2 is 1.81 bits per heavy atom. The molecule has 0 amide bonds. The molecule has 3 heteroatoms. The van der Waals surface area contributed by atoms with Gasteiger partial charge in [-0.2, -0.15) is 0 Å². The summed E-state index contributed by atoms with van der Waals surface area (Å²) in [6, 6.07) is 14.6. The number of fused-ring (bicyclic) bond motifs is 1. The number of Topliss-reactive ketones (excluding diaryl/α,β-unsaturated/α-hetero) is 1. The molecule has 132 valence electrons. The van der Waals surface area contributed by atoms with E-state index in [-0.39, 0.29) is 5.78 Å². The van der Waals surface area contributed by atoms with Gasteiger partial charge in [0.1, 0.15) is 6.20 Å². The monoisotopic (exact) mass is 345 g/mol. The van der Waals surface area contributed by atoms with Gasteiger partial charge in [0.05, 0.1) is 13.0 Å². The number of carbonyl (C=O) groups excluding carboxylic acids is 1. The molecule has 0 aliphatic carbocycles. The van der Waals surface area contributed by atoms with E-state index in [9.17, 15) is 4.79 Å². The predicted molar refractivity (Wildman–Crippen MR) is 103 cm³/mol. The largest absolute Gasteiger partial charge is 0.290 e. The van der Waals surface area contributed by atoms with Crippen LogP contribution in [0.3, 0.4) is 0 Å². The molecule has 2 heterocycles. The Balaban J connectivity index is 1.67. The van der Waals surface area contributed by atoms with Crippen molar-refractivity contribution in [1.29, 1.82) is 0 Å². The third-order valence-corrected chi connectivity index (χ3v) is 5.48. The molecule has 0 N–H and O–H groups in total. The maximum absolute atomic E-state index is 12.8. The van der Waals surface area contributed by atoms with Gasteiger partial charge in [-0.05, 0) is 44.4 Å². The second-order valence-corrected chi connectivity index (χ2v) is 7.40. The van der Waals surface area contributed by atoms with Crippen molar-refractivity contribution in [2.45, 2.75) is 46.7 Å². The molecule has 2 aromatic carbocycles. The van der Waals surface area contributed by atoms with E-state index in [4.69, 9.17) is 0 Å². The molecular weight excluding hydrogens is 320 g/mol. The summed E-state index contributed by atoms with van der Waals surface area (Å²) in [6.45, 7) is 7.68. The lowest BCUT2D eigenvalue weighted by molar-refractivity contribution is -0.689. The third kappa shape index (κ3) is 2.98. The van der Waals surface area contributed by atoms with Crippen molar-refractivity contribution in [2.75, 3.05) is 0 Å². The van der Waals surface area contributed by atoms with Gasteiger partial charge in [-0.3, -0.25) is 4.79 Å². The molecule has 3 aromatic rings. The molecule has 1 aliphatic rings. The molecule has 0 radical (unpaired) electrons. The van der Waals surface area contributed by atoms with Gasteiger partial charge in [0.15, 0.2) is 12.2 Å². The number of rotatable bonds is 4. The minimum Gasteiger partial charge on any atom is -0.290 e. The van der Waals surface area contributed by atoms with E-state index in [1.54, 1.807) is 0 Å². The zero-order valence-corrected chi connectivity index (χ0v) is 15.7. The molecule has 1 aromatic heterocycles. The fourth-order valence-corrected chi connectivity index (χ4v) is 3.76. The van der Waals surface area contributed by atoms with E-state index < -0.39 is 0 Å². The minimum absolute atomic E-state index is 0.175. The van der Waals surface area contributed by atoms with Crippen LogP contribution >= 0.6 is 0 Å². The Kier molecular flexibility index (Phi) is 4.23. The molecule has 3 nitrogen and oxygen atoms in total. The highest BCUT2D eigenvalue weighted by Crippen LogP contribution is 2.25. The molecule has 0 atom stereocenters. The van der Waals surface area contributed by atoms with Crippen molar-refractivity contribution in [3.8, 4) is 11.3 Å². The molecule has 0 saturated carbocycles. The zero-order valence-electron chi connectivity index (χ0n) is 15.7. The van der Waals surface area contributed by atoms with Gasteiger partial charge in [-0.15, -0.1) is 0 Å². The highest BCUT2D eigenvalue weighted by molar-refractivity contribution is 5.95. The highest BCUT2D eigenvalue weighted by atomic mass is 16.1. The van der Waals surface area contributed by atoms with E-state index in [0.29, 0.717) is 6.54 Å². The molecule has 0 fully saturated rings. The number of ketones is 1. The van der Waals surface area contributed by atoms with Crippen LogP contribution in [0.2, 0.25) is 0 Å². The molecule has 0 saturated heterocycles. The van der Waals surface area contributed by atoms with Crippen LogP contribution in [-0.4, -0.2) is 10.4 Å². The summed E-state index contributed by atoms with van der Waals surface area (Å²) in [4.78, 5) is 12.8. The summed E-state index contributed by atoms with van der Waals surface area (Å²) in [6.07, 6.45) is 4.33. The number of benzene rings is 2. The number of carbonyl (C=O) groups is 1. The Hall–Kier alpha value is -2.68. The number of hydrogen-bond donors (Lipinski definition) is 0. The quantitative estimate of drug-likeness (QED) is 0.514. The third-order valence-electron chi connectivity index (χ3n) is 5.48. The summed E-state index contributed by atoms with van der Waals surface area (Å²) >= 11 is 0. The molecule has 1 aliphatic heterocycles. The van der Waals surface area contributed by atoms with Crippen LogP contribution in [0.15, 0.2) is 48.7 Å². The standard InChI is InChI=1S/C23H25N2O/c1-16-6-9-19(10-7-16)21-14-24(23-5-4-12-25(21)23)15-22(26)20-11-8-17(2)18(3)13-20/h6-11,13-14H,4-5,12,15H2,1-3H3/q+1. The topological polar surface area (TPSA) is 25.9 Å². The Bertz CT molecular complexity index is 980. The highest BCUT2D eigenvalue weighted by Gasteiger charge is 2.29. The van der Waals surface area contributed by atoms with Gasteiger partial charge in [0.2, 0.25) is 5.78 Å². The van der Waals surface area contributed by atoms with Gasteiger partial charge in [0.25, 0.3) is 5.82 Å². The minimum atomic E-state index is 0.175. The normalized spacial score (nSPS) is 13.0. The Labute approximate surface area is 154 Å². The van der Waals surface area contributed by atoms with Gasteiger partial charge in [0, 0.05) is 11.1 Å². The van der Waals surface area contributed by atoms with E-state index in [0.717, 1.165) is 24.9 Å². The second-order valence-electron chi connectivity index (χ2n) is 7.40. The van der Waals surface area contributed by atoms with Gasteiger partial charge in [-0.1, -0.05) is 42.0 Å².